The molecule has 20 heavy (non-hydrogen) atoms. The zero-order chi connectivity index (χ0) is 14.5. The summed E-state index contributed by atoms with van der Waals surface area (Å²) in [6.45, 7) is 0.373. The van der Waals surface area contributed by atoms with E-state index in [4.69, 9.17) is 20.5 Å². The quantitative estimate of drug-likeness (QED) is 0.870. The molecule has 0 bridgehead atoms. The summed E-state index contributed by atoms with van der Waals surface area (Å²) in [5.74, 6) is 1.22. The summed E-state index contributed by atoms with van der Waals surface area (Å²) in [6, 6.07) is 12.8. The number of anilines is 1. The highest BCUT2D eigenvalue weighted by Crippen LogP contribution is 2.25. The minimum atomic E-state index is 0.373. The minimum Gasteiger partial charge on any atom is -0.495 e. The Morgan fingerprint density at radius 1 is 1.25 bits per heavy atom. The Balaban J connectivity index is 2.13. The van der Waals surface area contributed by atoms with E-state index >= 15 is 0 Å². The molecule has 2 rings (SSSR count). The van der Waals surface area contributed by atoms with Crippen molar-refractivity contribution in [2.75, 3.05) is 12.8 Å². The van der Waals surface area contributed by atoms with Gasteiger partial charge in [-0.05, 0) is 29.8 Å². The van der Waals surface area contributed by atoms with Crippen molar-refractivity contribution in [1.29, 1.82) is 5.26 Å². The van der Waals surface area contributed by atoms with Crippen LogP contribution >= 0.6 is 15.9 Å². The van der Waals surface area contributed by atoms with E-state index in [1.807, 2.05) is 12.1 Å². The molecule has 2 aromatic rings. The molecule has 0 fully saturated rings. The van der Waals surface area contributed by atoms with Crippen molar-refractivity contribution in [3.8, 4) is 17.6 Å². The third-order valence-electron chi connectivity index (χ3n) is 2.69. The van der Waals surface area contributed by atoms with Gasteiger partial charge < -0.3 is 15.2 Å². The summed E-state index contributed by atoms with van der Waals surface area (Å²) in [5.41, 5.74) is 7.80. The molecule has 4 nitrogen and oxygen atoms in total. The van der Waals surface area contributed by atoms with Crippen molar-refractivity contribution in [2.24, 2.45) is 0 Å². The van der Waals surface area contributed by atoms with Gasteiger partial charge in [-0.1, -0.05) is 22.0 Å². The van der Waals surface area contributed by atoms with Crippen LogP contribution in [0.25, 0.3) is 0 Å². The van der Waals surface area contributed by atoms with Crippen LogP contribution in [0, 0.1) is 11.3 Å². The van der Waals surface area contributed by atoms with Crippen LogP contribution in [-0.4, -0.2) is 7.11 Å². The van der Waals surface area contributed by atoms with E-state index < -0.39 is 0 Å². The molecule has 0 atom stereocenters. The molecular formula is C15H13BrN2O2. The molecular weight excluding hydrogens is 320 g/mol. The Bertz CT molecular complexity index is 645. The molecule has 0 radical (unpaired) electrons. The average molecular weight is 333 g/mol. The number of rotatable bonds is 4. The highest BCUT2D eigenvalue weighted by Gasteiger charge is 2.05. The maximum Gasteiger partial charge on any atom is 0.137 e. The van der Waals surface area contributed by atoms with Crippen LogP contribution in [0.15, 0.2) is 40.9 Å². The summed E-state index contributed by atoms with van der Waals surface area (Å²) in [7, 11) is 1.54. The second-order valence-electron chi connectivity index (χ2n) is 4.16. The number of halogens is 1. The van der Waals surface area contributed by atoms with Crippen molar-refractivity contribution in [2.45, 2.75) is 6.61 Å². The van der Waals surface area contributed by atoms with E-state index in [0.717, 1.165) is 10.0 Å². The van der Waals surface area contributed by atoms with Crippen molar-refractivity contribution in [3.63, 3.8) is 0 Å². The molecule has 0 amide bonds. The molecule has 0 aromatic heterocycles. The van der Waals surface area contributed by atoms with Gasteiger partial charge in [-0.15, -0.1) is 0 Å². The maximum atomic E-state index is 8.93. The lowest BCUT2D eigenvalue weighted by Crippen LogP contribution is -1.98. The lowest BCUT2D eigenvalue weighted by Gasteiger charge is -2.09. The lowest BCUT2D eigenvalue weighted by atomic mass is 10.1. The molecule has 102 valence electrons. The number of benzene rings is 2. The van der Waals surface area contributed by atoms with E-state index in [0.29, 0.717) is 29.4 Å². The lowest BCUT2D eigenvalue weighted by molar-refractivity contribution is 0.305. The molecule has 0 aliphatic heterocycles. The molecule has 0 heterocycles. The number of nitrogens with two attached hydrogens (primary N) is 1. The fraction of sp³-hybridized carbons (Fsp3) is 0.133. The Hall–Kier alpha value is -2.19. The van der Waals surface area contributed by atoms with E-state index in [9.17, 15) is 0 Å². The smallest absolute Gasteiger partial charge is 0.137 e. The first kappa shape index (κ1) is 14.2. The molecule has 0 saturated carbocycles. The molecule has 0 aliphatic rings. The van der Waals surface area contributed by atoms with Crippen LogP contribution in [0.3, 0.4) is 0 Å². The van der Waals surface area contributed by atoms with Gasteiger partial charge in [0.15, 0.2) is 0 Å². The predicted molar refractivity (Wildman–Crippen MR) is 80.6 cm³/mol. The Morgan fingerprint density at radius 3 is 2.70 bits per heavy atom. The zero-order valence-corrected chi connectivity index (χ0v) is 12.5. The van der Waals surface area contributed by atoms with Gasteiger partial charge in [-0.25, -0.2) is 0 Å². The molecule has 0 saturated heterocycles. The van der Waals surface area contributed by atoms with Crippen molar-refractivity contribution in [3.05, 3.63) is 52.0 Å². The van der Waals surface area contributed by atoms with Gasteiger partial charge in [0.2, 0.25) is 0 Å². The summed E-state index contributed by atoms with van der Waals surface area (Å²) in [6.07, 6.45) is 0. The van der Waals surface area contributed by atoms with E-state index in [2.05, 4.69) is 22.0 Å². The zero-order valence-electron chi connectivity index (χ0n) is 10.9. The number of hydrogen-bond acceptors (Lipinski definition) is 4. The van der Waals surface area contributed by atoms with Gasteiger partial charge in [0.1, 0.15) is 24.2 Å². The highest BCUT2D eigenvalue weighted by atomic mass is 79.9. The predicted octanol–water partition coefficient (Wildman–Crippen LogP) is 3.49. The van der Waals surface area contributed by atoms with Gasteiger partial charge in [-0.3, -0.25) is 0 Å². The standard InChI is InChI=1S/C15H13BrN2O2/c1-19-15-4-10(2-3-11(15)8-17)9-20-14-6-12(16)5-13(18)7-14/h2-7H,9,18H2,1H3. The van der Waals surface area contributed by atoms with Crippen LogP contribution in [-0.2, 0) is 6.61 Å². The second-order valence-corrected chi connectivity index (χ2v) is 5.07. The van der Waals surface area contributed by atoms with Crippen molar-refractivity contribution in [1.82, 2.24) is 0 Å². The number of ether oxygens (including phenoxy) is 2. The molecule has 5 heteroatoms. The first-order valence-corrected chi connectivity index (χ1v) is 6.67. The summed E-state index contributed by atoms with van der Waals surface area (Å²) in [4.78, 5) is 0. The average Bonchev–Trinajstić information content (AvgIpc) is 2.43. The highest BCUT2D eigenvalue weighted by molar-refractivity contribution is 9.10. The molecule has 0 spiro atoms. The molecule has 0 aliphatic carbocycles. The normalized spacial score (nSPS) is 9.85. The molecule has 2 N–H and O–H groups in total. The maximum absolute atomic E-state index is 8.93. The minimum absolute atomic E-state index is 0.373. The van der Waals surface area contributed by atoms with Gasteiger partial charge in [-0.2, -0.15) is 5.26 Å². The monoisotopic (exact) mass is 332 g/mol. The van der Waals surface area contributed by atoms with E-state index in [-0.39, 0.29) is 0 Å². The Morgan fingerprint density at radius 2 is 2.05 bits per heavy atom. The largest absolute Gasteiger partial charge is 0.495 e. The van der Waals surface area contributed by atoms with Crippen LogP contribution in [0.4, 0.5) is 5.69 Å². The van der Waals surface area contributed by atoms with Gasteiger partial charge in [0, 0.05) is 16.2 Å². The summed E-state index contributed by atoms with van der Waals surface area (Å²) < 4.78 is 11.7. The van der Waals surface area contributed by atoms with Crippen LogP contribution in [0.1, 0.15) is 11.1 Å². The number of nitrogen functional groups attached to an aromatic ring is 1. The van der Waals surface area contributed by atoms with Gasteiger partial charge in [0.05, 0.1) is 12.7 Å². The van der Waals surface area contributed by atoms with Crippen molar-refractivity contribution >= 4 is 21.6 Å². The van der Waals surface area contributed by atoms with Crippen LogP contribution in [0.2, 0.25) is 0 Å². The number of methoxy groups -OCH3 is 1. The fourth-order valence-electron chi connectivity index (χ4n) is 1.75. The topological polar surface area (TPSA) is 68.3 Å². The van der Waals surface area contributed by atoms with E-state index in [1.54, 1.807) is 24.3 Å². The summed E-state index contributed by atoms with van der Waals surface area (Å²) in [5, 5.41) is 8.93. The first-order chi connectivity index (χ1) is 9.62. The van der Waals surface area contributed by atoms with Crippen LogP contribution in [0.5, 0.6) is 11.5 Å². The first-order valence-electron chi connectivity index (χ1n) is 5.88. The SMILES string of the molecule is COc1cc(COc2cc(N)cc(Br)c2)ccc1C#N. The number of hydrogen-bond donors (Lipinski definition) is 1. The number of nitriles is 1. The number of nitrogens with zero attached hydrogens (tertiary/aromatic N) is 1. The van der Waals surface area contributed by atoms with E-state index in [1.165, 1.54) is 7.11 Å². The fourth-order valence-corrected chi connectivity index (χ4v) is 2.24. The Labute approximate surface area is 125 Å². The van der Waals surface area contributed by atoms with Gasteiger partial charge in [0.25, 0.3) is 0 Å². The molecule has 0 unspecified atom stereocenters. The van der Waals surface area contributed by atoms with Gasteiger partial charge >= 0.3 is 0 Å². The Kier molecular flexibility index (Phi) is 4.49. The third-order valence-corrected chi connectivity index (χ3v) is 3.14. The second kappa shape index (κ2) is 6.31. The summed E-state index contributed by atoms with van der Waals surface area (Å²) >= 11 is 3.36. The van der Waals surface area contributed by atoms with Crippen molar-refractivity contribution < 1.29 is 9.47 Å². The third kappa shape index (κ3) is 3.43. The van der Waals surface area contributed by atoms with Crippen LogP contribution < -0.4 is 15.2 Å². The molecule has 2 aromatic carbocycles.